The number of allylic oxidation sites excluding steroid dienone is 1. The highest BCUT2D eigenvalue weighted by molar-refractivity contribution is 6.30. The van der Waals surface area contributed by atoms with E-state index >= 15 is 0 Å². The molecule has 0 atom stereocenters. The fourth-order valence-corrected chi connectivity index (χ4v) is 3.02. The molecule has 110 valence electrons. The molecule has 3 rings (SSSR count). The summed E-state index contributed by atoms with van der Waals surface area (Å²) in [5, 5.41) is 10.5. The average Bonchev–Trinajstić information content (AvgIpc) is 3.08. The number of hydrogen-bond acceptors (Lipinski definition) is 2. The van der Waals surface area contributed by atoms with Crippen LogP contribution in [-0.2, 0) is 0 Å². The summed E-state index contributed by atoms with van der Waals surface area (Å²) in [5.74, 6) is 0. The van der Waals surface area contributed by atoms with Gasteiger partial charge in [-0.2, -0.15) is 5.26 Å². The lowest BCUT2D eigenvalue weighted by Gasteiger charge is -2.23. The van der Waals surface area contributed by atoms with E-state index in [1.54, 1.807) is 0 Å². The van der Waals surface area contributed by atoms with Gasteiger partial charge in [-0.25, -0.2) is 0 Å². The maximum Gasteiger partial charge on any atom is 0.102 e. The Labute approximate surface area is 136 Å². The number of benzene rings is 2. The molecule has 2 aromatic rings. The molecular weight excluding hydrogens is 292 g/mol. The number of nitrogens with zero attached hydrogens (tertiary/aromatic N) is 2. The van der Waals surface area contributed by atoms with Gasteiger partial charge in [-0.1, -0.05) is 54.1 Å². The molecule has 0 saturated carbocycles. The SMILES string of the molecule is N#C/C(=C(\c1ccccc1)N1CCCC1)c1ccc(Cl)cc1. The van der Waals surface area contributed by atoms with Gasteiger partial charge in [-0.3, -0.25) is 0 Å². The van der Waals surface area contributed by atoms with Crippen LogP contribution in [0.2, 0.25) is 5.02 Å². The van der Waals surface area contributed by atoms with Gasteiger partial charge in [0.05, 0.1) is 11.3 Å². The summed E-state index contributed by atoms with van der Waals surface area (Å²) in [5.41, 5.74) is 3.75. The van der Waals surface area contributed by atoms with Crippen molar-refractivity contribution in [3.8, 4) is 6.07 Å². The molecule has 0 unspecified atom stereocenters. The van der Waals surface area contributed by atoms with Crippen LogP contribution >= 0.6 is 11.6 Å². The highest BCUT2D eigenvalue weighted by Crippen LogP contribution is 2.32. The van der Waals surface area contributed by atoms with Gasteiger partial charge < -0.3 is 4.90 Å². The molecule has 1 fully saturated rings. The Kier molecular flexibility index (Phi) is 4.46. The Morgan fingerprint density at radius 3 is 2.14 bits per heavy atom. The van der Waals surface area contributed by atoms with Gasteiger partial charge in [0, 0.05) is 18.1 Å². The van der Waals surface area contributed by atoms with Gasteiger partial charge >= 0.3 is 0 Å². The normalized spacial score (nSPS) is 15.4. The van der Waals surface area contributed by atoms with Crippen molar-refractivity contribution in [2.45, 2.75) is 12.8 Å². The van der Waals surface area contributed by atoms with Crippen molar-refractivity contribution in [1.82, 2.24) is 4.90 Å². The Balaban J connectivity index is 2.16. The van der Waals surface area contributed by atoms with Crippen LogP contribution in [0.15, 0.2) is 54.6 Å². The lowest BCUT2D eigenvalue weighted by molar-refractivity contribution is 0.494. The van der Waals surface area contributed by atoms with E-state index in [2.05, 4.69) is 23.1 Å². The number of likely N-dealkylation sites (tertiary alicyclic amines) is 1. The smallest absolute Gasteiger partial charge is 0.102 e. The quantitative estimate of drug-likeness (QED) is 0.600. The zero-order chi connectivity index (χ0) is 15.4. The topological polar surface area (TPSA) is 27.0 Å². The van der Waals surface area contributed by atoms with E-state index in [9.17, 15) is 5.26 Å². The van der Waals surface area contributed by atoms with Gasteiger partial charge in [-0.05, 0) is 36.1 Å². The molecule has 0 spiro atoms. The van der Waals surface area contributed by atoms with E-state index < -0.39 is 0 Å². The number of rotatable bonds is 3. The maximum absolute atomic E-state index is 9.77. The van der Waals surface area contributed by atoms with E-state index in [1.807, 2.05) is 42.5 Å². The zero-order valence-electron chi connectivity index (χ0n) is 12.3. The van der Waals surface area contributed by atoms with E-state index in [4.69, 9.17) is 11.6 Å². The second-order valence-electron chi connectivity index (χ2n) is 5.40. The van der Waals surface area contributed by atoms with Gasteiger partial charge in [0.15, 0.2) is 0 Å². The van der Waals surface area contributed by atoms with Gasteiger partial charge in [0.25, 0.3) is 0 Å². The minimum Gasteiger partial charge on any atom is -0.370 e. The summed E-state index contributed by atoms with van der Waals surface area (Å²) in [7, 11) is 0. The summed E-state index contributed by atoms with van der Waals surface area (Å²) >= 11 is 5.97. The van der Waals surface area contributed by atoms with Crippen LogP contribution in [0.25, 0.3) is 11.3 Å². The van der Waals surface area contributed by atoms with E-state index in [0.29, 0.717) is 10.6 Å². The third-order valence-corrected chi connectivity index (χ3v) is 4.20. The molecule has 1 saturated heterocycles. The standard InChI is InChI=1S/C19H17ClN2/c20-17-10-8-15(9-11-17)18(14-21)19(22-12-4-5-13-22)16-6-2-1-3-7-16/h1-3,6-11H,4-5,12-13H2/b19-18-. The van der Waals surface area contributed by atoms with Crippen LogP contribution in [0.4, 0.5) is 0 Å². The number of halogens is 1. The fraction of sp³-hybridized carbons (Fsp3) is 0.211. The monoisotopic (exact) mass is 308 g/mol. The highest BCUT2D eigenvalue weighted by Gasteiger charge is 2.21. The molecule has 1 heterocycles. The average molecular weight is 309 g/mol. The molecule has 2 aromatic carbocycles. The second-order valence-corrected chi connectivity index (χ2v) is 5.84. The van der Waals surface area contributed by atoms with Crippen LogP contribution in [0.1, 0.15) is 24.0 Å². The number of hydrogen-bond donors (Lipinski definition) is 0. The lowest BCUT2D eigenvalue weighted by atomic mass is 9.99. The van der Waals surface area contributed by atoms with Crippen molar-refractivity contribution in [2.75, 3.05) is 13.1 Å². The van der Waals surface area contributed by atoms with Crippen molar-refractivity contribution in [2.24, 2.45) is 0 Å². The Hall–Kier alpha value is -2.24. The van der Waals surface area contributed by atoms with Crippen molar-refractivity contribution in [3.63, 3.8) is 0 Å². The minimum absolute atomic E-state index is 0.684. The Morgan fingerprint density at radius 1 is 0.909 bits per heavy atom. The van der Waals surface area contributed by atoms with Crippen LogP contribution in [0.3, 0.4) is 0 Å². The third-order valence-electron chi connectivity index (χ3n) is 3.95. The largest absolute Gasteiger partial charge is 0.370 e. The molecule has 1 aliphatic heterocycles. The first-order valence-electron chi connectivity index (χ1n) is 7.50. The van der Waals surface area contributed by atoms with E-state index in [-0.39, 0.29) is 0 Å². The predicted octanol–water partition coefficient (Wildman–Crippen LogP) is 4.83. The fourth-order valence-electron chi connectivity index (χ4n) is 2.89. The minimum atomic E-state index is 0.684. The predicted molar refractivity (Wildman–Crippen MR) is 91.1 cm³/mol. The first-order chi connectivity index (χ1) is 10.8. The van der Waals surface area contributed by atoms with Crippen molar-refractivity contribution in [3.05, 3.63) is 70.7 Å². The van der Waals surface area contributed by atoms with E-state index in [0.717, 1.165) is 29.9 Å². The molecule has 3 heteroatoms. The lowest BCUT2D eigenvalue weighted by Crippen LogP contribution is -2.19. The highest BCUT2D eigenvalue weighted by atomic mass is 35.5. The summed E-state index contributed by atoms with van der Waals surface area (Å²) < 4.78 is 0. The summed E-state index contributed by atoms with van der Waals surface area (Å²) in [6, 6.07) is 20.1. The molecule has 0 N–H and O–H groups in total. The van der Waals surface area contributed by atoms with Gasteiger partial charge in [0.1, 0.15) is 6.07 Å². The molecular formula is C19H17ClN2. The Bertz CT molecular complexity index is 705. The van der Waals surface area contributed by atoms with Crippen molar-refractivity contribution in [1.29, 1.82) is 5.26 Å². The molecule has 0 amide bonds. The molecule has 2 nitrogen and oxygen atoms in total. The first-order valence-corrected chi connectivity index (χ1v) is 7.88. The van der Waals surface area contributed by atoms with Crippen LogP contribution in [0, 0.1) is 11.3 Å². The van der Waals surface area contributed by atoms with Crippen LogP contribution in [-0.4, -0.2) is 18.0 Å². The van der Waals surface area contributed by atoms with Crippen molar-refractivity contribution < 1.29 is 0 Å². The molecule has 1 aliphatic rings. The Morgan fingerprint density at radius 2 is 1.55 bits per heavy atom. The summed E-state index contributed by atoms with van der Waals surface area (Å²) in [4.78, 5) is 2.32. The maximum atomic E-state index is 9.77. The molecule has 0 aliphatic carbocycles. The second kappa shape index (κ2) is 6.68. The molecule has 0 aromatic heterocycles. The number of nitriles is 1. The first kappa shape index (κ1) is 14.7. The van der Waals surface area contributed by atoms with Gasteiger partial charge in [0.2, 0.25) is 0 Å². The molecule has 22 heavy (non-hydrogen) atoms. The van der Waals surface area contributed by atoms with Gasteiger partial charge in [-0.15, -0.1) is 0 Å². The third kappa shape index (κ3) is 3.00. The van der Waals surface area contributed by atoms with Crippen molar-refractivity contribution >= 4 is 22.9 Å². The molecule has 0 radical (unpaired) electrons. The summed E-state index contributed by atoms with van der Waals surface area (Å²) in [6.45, 7) is 2.01. The van der Waals surface area contributed by atoms with Crippen LogP contribution < -0.4 is 0 Å². The summed E-state index contributed by atoms with van der Waals surface area (Å²) in [6.07, 6.45) is 2.35. The molecule has 0 bridgehead atoms. The zero-order valence-corrected chi connectivity index (χ0v) is 13.1. The van der Waals surface area contributed by atoms with Crippen LogP contribution in [0.5, 0.6) is 0 Å². The van der Waals surface area contributed by atoms with E-state index in [1.165, 1.54) is 12.8 Å².